The molecule has 1 rings (SSSR count). The minimum absolute atomic E-state index is 0.500. The molecule has 58 valence electrons. The third-order valence-electron chi connectivity index (χ3n) is 1.08. The average molecular weight is 169 g/mol. The van der Waals surface area contributed by atoms with E-state index in [4.69, 9.17) is 21.8 Å². The maximum absolute atomic E-state index is 8.24. The van der Waals surface area contributed by atoms with E-state index in [1.54, 1.807) is 0 Å². The monoisotopic (exact) mass is 168 g/mol. The molecule has 1 aromatic carbocycles. The molecule has 2 nitrogen and oxygen atoms in total. The predicted octanol–water partition coefficient (Wildman–Crippen LogP) is 2.54. The summed E-state index contributed by atoms with van der Waals surface area (Å²) < 4.78 is 0. The molecule has 0 unspecified atom stereocenters. The van der Waals surface area contributed by atoms with Crippen LogP contribution < -0.4 is 0 Å². The first-order chi connectivity index (χ1) is 5.22. The SMILES string of the molecule is Cc1ccccc1Cl.[N-]=C=O. The minimum Gasteiger partial charge on any atom is -0.724 e. The Morgan fingerprint density at radius 2 is 1.91 bits per heavy atom. The fourth-order valence-corrected chi connectivity index (χ4v) is 0.687. The highest BCUT2D eigenvalue weighted by atomic mass is 35.5. The molecule has 0 bridgehead atoms. The Kier molecular flexibility index (Phi) is 5.09. The molecule has 11 heavy (non-hydrogen) atoms. The number of hydrogen-bond donors (Lipinski definition) is 0. The molecule has 0 spiro atoms. The van der Waals surface area contributed by atoms with Crippen molar-refractivity contribution in [3.63, 3.8) is 0 Å². The van der Waals surface area contributed by atoms with Gasteiger partial charge in [-0.1, -0.05) is 29.8 Å². The molecule has 0 radical (unpaired) electrons. The second-order valence-electron chi connectivity index (χ2n) is 1.84. The van der Waals surface area contributed by atoms with Gasteiger partial charge in [0.2, 0.25) is 0 Å². The number of isocyanates is 1. The summed E-state index contributed by atoms with van der Waals surface area (Å²) in [5.74, 6) is 0. The van der Waals surface area contributed by atoms with Crippen LogP contribution in [0.1, 0.15) is 5.56 Å². The summed E-state index contributed by atoms with van der Waals surface area (Å²) in [4.78, 5) is 8.24. The van der Waals surface area contributed by atoms with E-state index >= 15 is 0 Å². The van der Waals surface area contributed by atoms with Crippen LogP contribution in [0.3, 0.4) is 0 Å². The van der Waals surface area contributed by atoms with Crippen molar-refractivity contribution >= 4 is 17.7 Å². The molecule has 0 atom stereocenters. The first kappa shape index (κ1) is 9.89. The molecule has 1 aromatic rings. The van der Waals surface area contributed by atoms with Crippen LogP contribution in [0, 0.1) is 6.92 Å². The van der Waals surface area contributed by atoms with Gasteiger partial charge in [0, 0.05) is 5.02 Å². The molecule has 0 aliphatic rings. The summed E-state index contributed by atoms with van der Waals surface area (Å²) in [7, 11) is 0. The van der Waals surface area contributed by atoms with Gasteiger partial charge in [0.05, 0.1) is 0 Å². The third kappa shape index (κ3) is 4.31. The van der Waals surface area contributed by atoms with Crippen LogP contribution in [-0.2, 0) is 4.79 Å². The van der Waals surface area contributed by atoms with Crippen LogP contribution in [0.5, 0.6) is 0 Å². The summed E-state index contributed by atoms with van der Waals surface area (Å²) in [6, 6.07) is 7.77. The number of benzene rings is 1. The van der Waals surface area contributed by atoms with Crippen LogP contribution in [0.15, 0.2) is 24.3 Å². The maximum atomic E-state index is 8.24. The first-order valence-corrected chi connectivity index (χ1v) is 3.32. The zero-order valence-electron chi connectivity index (χ0n) is 6.04. The lowest BCUT2D eigenvalue weighted by atomic mass is 10.2. The van der Waals surface area contributed by atoms with Gasteiger partial charge in [-0.25, -0.2) is 0 Å². The van der Waals surface area contributed by atoms with Gasteiger partial charge in [-0.05, 0) is 24.6 Å². The van der Waals surface area contributed by atoms with Gasteiger partial charge in [-0.2, -0.15) is 0 Å². The summed E-state index contributed by atoms with van der Waals surface area (Å²) >= 11 is 5.71. The fourth-order valence-electron chi connectivity index (χ4n) is 0.551. The van der Waals surface area contributed by atoms with Crippen LogP contribution in [-0.4, -0.2) is 6.08 Å². The van der Waals surface area contributed by atoms with E-state index in [1.807, 2.05) is 31.2 Å². The van der Waals surface area contributed by atoms with Gasteiger partial charge < -0.3 is 5.41 Å². The highest BCUT2D eigenvalue weighted by Gasteiger charge is 1.86. The van der Waals surface area contributed by atoms with E-state index in [-0.39, 0.29) is 0 Å². The summed E-state index contributed by atoms with van der Waals surface area (Å²) in [6.07, 6.45) is 0.500. The van der Waals surface area contributed by atoms with Crippen LogP contribution in [0.2, 0.25) is 5.02 Å². The van der Waals surface area contributed by atoms with E-state index in [9.17, 15) is 0 Å². The van der Waals surface area contributed by atoms with Crippen molar-refractivity contribution < 1.29 is 4.79 Å². The van der Waals surface area contributed by atoms with Crippen LogP contribution >= 0.6 is 11.6 Å². The summed E-state index contributed by atoms with van der Waals surface area (Å²) in [5, 5.41) is 7.60. The maximum Gasteiger partial charge on any atom is 0.0435 e. The number of aryl methyl sites for hydroxylation is 1. The Balaban J connectivity index is 0.000000292. The van der Waals surface area contributed by atoms with Crippen molar-refractivity contribution in [3.05, 3.63) is 40.3 Å². The topological polar surface area (TPSA) is 39.4 Å². The molecule has 0 aliphatic carbocycles. The van der Waals surface area contributed by atoms with Crippen molar-refractivity contribution in [3.8, 4) is 0 Å². The second kappa shape index (κ2) is 5.66. The van der Waals surface area contributed by atoms with E-state index in [0.29, 0.717) is 6.08 Å². The lowest BCUT2D eigenvalue weighted by molar-refractivity contribution is 0.569. The van der Waals surface area contributed by atoms with Crippen molar-refractivity contribution in [2.45, 2.75) is 6.92 Å². The molecule has 0 amide bonds. The predicted molar refractivity (Wildman–Crippen MR) is 45.2 cm³/mol. The molecule has 0 saturated heterocycles. The molecule has 3 heteroatoms. The third-order valence-corrected chi connectivity index (χ3v) is 1.50. The molecule has 0 N–H and O–H groups in total. The molecular formula is C8H7ClNO-. The zero-order valence-corrected chi connectivity index (χ0v) is 6.80. The van der Waals surface area contributed by atoms with Gasteiger partial charge in [-0.3, -0.25) is 4.79 Å². The van der Waals surface area contributed by atoms with Crippen molar-refractivity contribution in [1.29, 1.82) is 0 Å². The highest BCUT2D eigenvalue weighted by Crippen LogP contribution is 2.11. The van der Waals surface area contributed by atoms with Gasteiger partial charge in [0.25, 0.3) is 0 Å². The van der Waals surface area contributed by atoms with Gasteiger partial charge >= 0.3 is 0 Å². The quantitative estimate of drug-likeness (QED) is 0.434. The number of hydrogen-bond acceptors (Lipinski definition) is 1. The Hall–Kier alpha value is -1.11. The van der Waals surface area contributed by atoms with E-state index in [1.165, 1.54) is 0 Å². The molecular weight excluding hydrogens is 162 g/mol. The largest absolute Gasteiger partial charge is 0.724 e. The van der Waals surface area contributed by atoms with Crippen molar-refractivity contribution in [1.82, 2.24) is 0 Å². The Morgan fingerprint density at radius 1 is 1.45 bits per heavy atom. The van der Waals surface area contributed by atoms with Crippen LogP contribution in [0.4, 0.5) is 0 Å². The number of carbonyl (C=O) groups excluding carboxylic acids is 1. The highest BCUT2D eigenvalue weighted by molar-refractivity contribution is 6.31. The van der Waals surface area contributed by atoms with E-state index in [0.717, 1.165) is 10.6 Å². The number of rotatable bonds is 0. The number of halogens is 1. The van der Waals surface area contributed by atoms with Gasteiger partial charge in [-0.15, -0.1) is 0 Å². The smallest absolute Gasteiger partial charge is 0.0435 e. The summed E-state index contributed by atoms with van der Waals surface area (Å²) in [6.45, 7) is 1.99. The molecule has 0 aliphatic heterocycles. The van der Waals surface area contributed by atoms with Gasteiger partial charge in [0.15, 0.2) is 0 Å². The standard InChI is InChI=1S/C7H7Cl.CNO/c1-6-4-2-3-5-7(6)8;2-1-3/h2-5H,1H3;/q;-1. The minimum atomic E-state index is 0.500. The molecule has 0 saturated carbocycles. The average Bonchev–Trinajstić information content (AvgIpc) is 1.97. The second-order valence-corrected chi connectivity index (χ2v) is 2.25. The van der Waals surface area contributed by atoms with E-state index in [2.05, 4.69) is 0 Å². The summed E-state index contributed by atoms with van der Waals surface area (Å²) in [5.41, 5.74) is 1.13. The molecule has 0 aromatic heterocycles. The lowest BCUT2D eigenvalue weighted by Gasteiger charge is -1.90. The number of nitrogens with zero attached hydrogens (tertiary/aromatic N) is 1. The molecule has 0 heterocycles. The van der Waals surface area contributed by atoms with Gasteiger partial charge in [0.1, 0.15) is 0 Å². The molecule has 0 fully saturated rings. The van der Waals surface area contributed by atoms with Crippen LogP contribution in [0.25, 0.3) is 5.41 Å². The van der Waals surface area contributed by atoms with Crippen molar-refractivity contribution in [2.75, 3.05) is 0 Å². The van der Waals surface area contributed by atoms with E-state index < -0.39 is 0 Å². The fraction of sp³-hybridized carbons (Fsp3) is 0.125. The lowest BCUT2D eigenvalue weighted by Crippen LogP contribution is -1.68. The normalized spacial score (nSPS) is 7.45. The first-order valence-electron chi connectivity index (χ1n) is 2.94. The Morgan fingerprint density at radius 3 is 2.18 bits per heavy atom. The van der Waals surface area contributed by atoms with Crippen molar-refractivity contribution in [2.24, 2.45) is 0 Å². The zero-order chi connectivity index (χ0) is 8.69. The Bertz CT molecular complexity index is 233. The Labute approximate surface area is 70.3 Å².